The number of nitrogens with one attached hydrogen (secondary N) is 1. The van der Waals surface area contributed by atoms with E-state index in [4.69, 9.17) is 9.72 Å². The van der Waals surface area contributed by atoms with Gasteiger partial charge >= 0.3 is 5.97 Å². The van der Waals surface area contributed by atoms with Gasteiger partial charge in [0.15, 0.2) is 6.10 Å². The van der Waals surface area contributed by atoms with Crippen molar-refractivity contribution in [2.75, 3.05) is 5.32 Å². The highest BCUT2D eigenvalue weighted by molar-refractivity contribution is 6.06. The number of aryl methyl sites for hydroxylation is 3. The van der Waals surface area contributed by atoms with Crippen LogP contribution < -0.4 is 5.32 Å². The number of ether oxygens (including phenoxy) is 1. The van der Waals surface area contributed by atoms with Crippen molar-refractivity contribution < 1.29 is 14.3 Å². The van der Waals surface area contributed by atoms with Crippen molar-refractivity contribution in [3.63, 3.8) is 0 Å². The molecular formula is C24H24N2O3. The standard InChI is InChI=1S/C24H24N2O3/c1-14-11-12-15(2)21(13-14)26-23(27)16(3)29-24(28)22-17-7-4-5-9-19(17)25-20-10-6-8-18(20)22/h4-5,7,9,11-13,16H,6,8,10H2,1-3H3,(H,26,27). The first-order valence-electron chi connectivity index (χ1n) is 9.93. The molecule has 1 N–H and O–H groups in total. The lowest BCUT2D eigenvalue weighted by atomic mass is 10.0. The highest BCUT2D eigenvalue weighted by Gasteiger charge is 2.27. The minimum Gasteiger partial charge on any atom is -0.449 e. The highest BCUT2D eigenvalue weighted by Crippen LogP contribution is 2.30. The summed E-state index contributed by atoms with van der Waals surface area (Å²) in [7, 11) is 0. The second kappa shape index (κ2) is 7.66. The molecule has 0 radical (unpaired) electrons. The number of carbonyl (C=O) groups excluding carboxylic acids is 2. The van der Waals surface area contributed by atoms with E-state index in [9.17, 15) is 9.59 Å². The summed E-state index contributed by atoms with van der Waals surface area (Å²) in [4.78, 5) is 30.4. The zero-order chi connectivity index (χ0) is 20.5. The number of rotatable bonds is 4. The van der Waals surface area contributed by atoms with Crippen LogP contribution in [0.3, 0.4) is 0 Å². The third kappa shape index (κ3) is 3.73. The highest BCUT2D eigenvalue weighted by atomic mass is 16.5. The molecule has 1 aliphatic carbocycles. The lowest BCUT2D eigenvalue weighted by molar-refractivity contribution is -0.123. The van der Waals surface area contributed by atoms with Crippen molar-refractivity contribution in [3.8, 4) is 0 Å². The number of amides is 1. The van der Waals surface area contributed by atoms with Crippen LogP contribution in [-0.2, 0) is 22.4 Å². The largest absolute Gasteiger partial charge is 0.449 e. The molecule has 1 aromatic heterocycles. The molecule has 1 unspecified atom stereocenters. The lowest BCUT2D eigenvalue weighted by Crippen LogP contribution is -2.30. The van der Waals surface area contributed by atoms with Crippen molar-refractivity contribution in [3.05, 3.63) is 70.4 Å². The fourth-order valence-corrected chi connectivity index (χ4v) is 3.82. The Bertz CT molecular complexity index is 1120. The second-order valence-electron chi connectivity index (χ2n) is 7.64. The minimum atomic E-state index is -0.911. The zero-order valence-electron chi connectivity index (χ0n) is 16.9. The van der Waals surface area contributed by atoms with Crippen LogP contribution in [0.1, 0.15) is 46.1 Å². The van der Waals surface area contributed by atoms with Gasteiger partial charge in [0.25, 0.3) is 5.91 Å². The molecule has 2 aromatic carbocycles. The van der Waals surface area contributed by atoms with E-state index in [2.05, 4.69) is 5.32 Å². The van der Waals surface area contributed by atoms with Gasteiger partial charge in [0.1, 0.15) is 0 Å². The number of para-hydroxylation sites is 1. The summed E-state index contributed by atoms with van der Waals surface area (Å²) in [5.41, 5.74) is 5.99. The molecule has 0 fully saturated rings. The van der Waals surface area contributed by atoms with Gasteiger partial charge in [0, 0.05) is 16.8 Å². The van der Waals surface area contributed by atoms with Crippen molar-refractivity contribution in [1.82, 2.24) is 4.98 Å². The maximum absolute atomic E-state index is 13.1. The normalized spacial score (nSPS) is 13.8. The topological polar surface area (TPSA) is 68.3 Å². The van der Waals surface area contributed by atoms with E-state index in [1.165, 1.54) is 0 Å². The van der Waals surface area contributed by atoms with Crippen LogP contribution in [0.25, 0.3) is 10.9 Å². The predicted octanol–water partition coefficient (Wildman–Crippen LogP) is 4.52. The number of aromatic nitrogens is 1. The van der Waals surface area contributed by atoms with E-state index in [0.29, 0.717) is 5.56 Å². The van der Waals surface area contributed by atoms with Crippen molar-refractivity contribution in [1.29, 1.82) is 0 Å². The molecule has 4 rings (SSSR count). The zero-order valence-corrected chi connectivity index (χ0v) is 16.9. The van der Waals surface area contributed by atoms with Crippen molar-refractivity contribution in [2.45, 2.75) is 46.1 Å². The van der Waals surface area contributed by atoms with Crippen LogP contribution in [0, 0.1) is 13.8 Å². The molecule has 1 amide bonds. The van der Waals surface area contributed by atoms with Crippen LogP contribution in [0.15, 0.2) is 42.5 Å². The Morgan fingerprint density at radius 3 is 2.72 bits per heavy atom. The van der Waals surface area contributed by atoms with Crippen LogP contribution >= 0.6 is 0 Å². The fourth-order valence-electron chi connectivity index (χ4n) is 3.82. The molecule has 1 atom stereocenters. The summed E-state index contributed by atoms with van der Waals surface area (Å²) < 4.78 is 5.60. The molecule has 148 valence electrons. The first-order valence-corrected chi connectivity index (χ1v) is 9.93. The fraction of sp³-hybridized carbons (Fsp3) is 0.292. The van der Waals surface area contributed by atoms with Gasteiger partial charge in [-0.25, -0.2) is 4.79 Å². The number of esters is 1. The predicted molar refractivity (Wildman–Crippen MR) is 113 cm³/mol. The Morgan fingerprint density at radius 1 is 1.10 bits per heavy atom. The van der Waals surface area contributed by atoms with Gasteiger partial charge in [0.2, 0.25) is 0 Å². The van der Waals surface area contributed by atoms with E-state index in [0.717, 1.165) is 58.2 Å². The van der Waals surface area contributed by atoms with Crippen molar-refractivity contribution >= 4 is 28.5 Å². The molecule has 0 spiro atoms. The van der Waals surface area contributed by atoms with E-state index in [-0.39, 0.29) is 5.91 Å². The van der Waals surface area contributed by atoms with E-state index < -0.39 is 12.1 Å². The maximum atomic E-state index is 13.1. The Kier molecular flexibility index (Phi) is 5.05. The van der Waals surface area contributed by atoms with Gasteiger partial charge in [0.05, 0.1) is 11.1 Å². The van der Waals surface area contributed by atoms with Gasteiger partial charge < -0.3 is 10.1 Å². The van der Waals surface area contributed by atoms with Crippen LogP contribution in [-0.4, -0.2) is 23.0 Å². The first kappa shape index (κ1) is 19.1. The molecular weight excluding hydrogens is 364 g/mol. The molecule has 0 saturated heterocycles. The number of hydrogen-bond donors (Lipinski definition) is 1. The number of fused-ring (bicyclic) bond motifs is 2. The number of anilines is 1. The molecule has 5 nitrogen and oxygen atoms in total. The third-order valence-electron chi connectivity index (χ3n) is 5.43. The number of carbonyl (C=O) groups is 2. The molecule has 0 bridgehead atoms. The van der Waals surface area contributed by atoms with E-state index in [1.807, 2.05) is 56.3 Å². The number of nitrogens with zero attached hydrogens (tertiary/aromatic N) is 1. The van der Waals surface area contributed by atoms with Crippen molar-refractivity contribution in [2.24, 2.45) is 0 Å². The average molecular weight is 388 g/mol. The smallest absolute Gasteiger partial charge is 0.339 e. The molecule has 0 aliphatic heterocycles. The van der Waals surface area contributed by atoms with Gasteiger partial charge in [-0.1, -0.05) is 30.3 Å². The van der Waals surface area contributed by atoms with E-state index in [1.54, 1.807) is 6.92 Å². The Balaban J connectivity index is 1.58. The van der Waals surface area contributed by atoms with Gasteiger partial charge in [-0.2, -0.15) is 0 Å². The summed E-state index contributed by atoms with van der Waals surface area (Å²) in [6.45, 7) is 5.49. The number of benzene rings is 2. The Labute approximate surface area is 170 Å². The quantitative estimate of drug-likeness (QED) is 0.667. The maximum Gasteiger partial charge on any atom is 0.339 e. The summed E-state index contributed by atoms with van der Waals surface area (Å²) in [6, 6.07) is 13.4. The average Bonchev–Trinajstić information content (AvgIpc) is 3.16. The SMILES string of the molecule is Cc1ccc(C)c(NC(=O)C(C)OC(=O)c2c3c(nc4ccccc24)CCC3)c1. The summed E-state index contributed by atoms with van der Waals surface area (Å²) in [5, 5.41) is 3.65. The lowest BCUT2D eigenvalue weighted by Gasteiger charge is -2.17. The number of pyridine rings is 1. The molecule has 3 aromatic rings. The number of hydrogen-bond acceptors (Lipinski definition) is 4. The van der Waals surface area contributed by atoms with E-state index >= 15 is 0 Å². The monoisotopic (exact) mass is 388 g/mol. The molecule has 1 aliphatic rings. The molecule has 0 saturated carbocycles. The second-order valence-corrected chi connectivity index (χ2v) is 7.64. The summed E-state index contributed by atoms with van der Waals surface area (Å²) >= 11 is 0. The van der Waals surface area contributed by atoms with Crippen LogP contribution in [0.4, 0.5) is 5.69 Å². The van der Waals surface area contributed by atoms with Gasteiger partial charge in [-0.05, 0) is 68.9 Å². The first-order chi connectivity index (χ1) is 13.9. The van der Waals surface area contributed by atoms with Gasteiger partial charge in [-0.15, -0.1) is 0 Å². The third-order valence-corrected chi connectivity index (χ3v) is 5.43. The molecule has 1 heterocycles. The van der Waals surface area contributed by atoms with Crippen LogP contribution in [0.2, 0.25) is 0 Å². The summed E-state index contributed by atoms with van der Waals surface area (Å²) in [5.74, 6) is -0.813. The minimum absolute atomic E-state index is 0.345. The van der Waals surface area contributed by atoms with Crippen LogP contribution in [0.5, 0.6) is 0 Å². The Hall–Kier alpha value is -3.21. The molecule has 29 heavy (non-hydrogen) atoms. The molecule has 5 heteroatoms. The summed E-state index contributed by atoms with van der Waals surface area (Å²) in [6.07, 6.45) is 1.73. The van der Waals surface area contributed by atoms with Gasteiger partial charge in [-0.3, -0.25) is 9.78 Å². The Morgan fingerprint density at radius 2 is 1.90 bits per heavy atom.